The van der Waals surface area contributed by atoms with E-state index >= 15 is 0 Å². The van der Waals surface area contributed by atoms with Gasteiger partial charge in [0.15, 0.2) is 0 Å². The Balaban J connectivity index is 2.61. The van der Waals surface area contributed by atoms with Crippen molar-refractivity contribution in [2.75, 3.05) is 26.7 Å². The van der Waals surface area contributed by atoms with Crippen LogP contribution in [0.1, 0.15) is 45.7 Å². The zero-order valence-corrected chi connectivity index (χ0v) is 13.5. The van der Waals surface area contributed by atoms with Crippen LogP contribution in [0.15, 0.2) is 24.3 Å². The molecule has 0 aliphatic carbocycles. The summed E-state index contributed by atoms with van der Waals surface area (Å²) in [5.74, 6) is -0.117. The highest BCUT2D eigenvalue weighted by atomic mass is 19.1. The van der Waals surface area contributed by atoms with Crippen molar-refractivity contribution in [2.45, 2.75) is 40.2 Å². The van der Waals surface area contributed by atoms with Crippen molar-refractivity contribution >= 4 is 0 Å². The minimum Gasteiger partial charge on any atom is -0.316 e. The molecule has 1 N–H and O–H groups in total. The molecule has 0 aliphatic heterocycles. The lowest BCUT2D eigenvalue weighted by Crippen LogP contribution is -2.40. The Morgan fingerprint density at radius 3 is 2.55 bits per heavy atom. The predicted molar refractivity (Wildman–Crippen MR) is 84.4 cm³/mol. The lowest BCUT2D eigenvalue weighted by Gasteiger charge is -2.34. The number of hydrogen-bond acceptors (Lipinski definition) is 2. The molecule has 1 unspecified atom stereocenters. The van der Waals surface area contributed by atoms with Crippen LogP contribution in [0.4, 0.5) is 4.39 Å². The van der Waals surface area contributed by atoms with Gasteiger partial charge in [0.2, 0.25) is 0 Å². The fourth-order valence-corrected chi connectivity index (χ4v) is 2.52. The maximum absolute atomic E-state index is 13.8. The van der Waals surface area contributed by atoms with E-state index in [4.69, 9.17) is 0 Å². The van der Waals surface area contributed by atoms with E-state index < -0.39 is 0 Å². The summed E-state index contributed by atoms with van der Waals surface area (Å²) >= 11 is 0. The molecule has 2 nitrogen and oxygen atoms in total. The summed E-state index contributed by atoms with van der Waals surface area (Å²) in [6.07, 6.45) is 1.15. The molecule has 0 saturated heterocycles. The molecule has 0 fully saturated rings. The quantitative estimate of drug-likeness (QED) is 0.728. The molecule has 0 heterocycles. The average Bonchev–Trinajstić information content (AvgIpc) is 2.38. The van der Waals surface area contributed by atoms with Crippen molar-refractivity contribution in [3.8, 4) is 0 Å². The number of halogens is 1. The van der Waals surface area contributed by atoms with Gasteiger partial charge >= 0.3 is 0 Å². The Bertz CT molecular complexity index is 404. The second-order valence-electron chi connectivity index (χ2n) is 6.45. The van der Waals surface area contributed by atoms with Crippen molar-refractivity contribution in [2.24, 2.45) is 5.41 Å². The molecule has 114 valence electrons. The summed E-state index contributed by atoms with van der Waals surface area (Å²) in [6.45, 7) is 11.7. The van der Waals surface area contributed by atoms with E-state index in [1.165, 1.54) is 6.07 Å². The van der Waals surface area contributed by atoms with Crippen LogP contribution in [-0.4, -0.2) is 31.6 Å². The van der Waals surface area contributed by atoms with Crippen molar-refractivity contribution in [3.63, 3.8) is 0 Å². The summed E-state index contributed by atoms with van der Waals surface area (Å²) in [4.78, 5) is 2.23. The molecular weight excluding hydrogens is 251 g/mol. The van der Waals surface area contributed by atoms with E-state index in [1.54, 1.807) is 6.07 Å². The van der Waals surface area contributed by atoms with Gasteiger partial charge in [-0.2, -0.15) is 0 Å². The van der Waals surface area contributed by atoms with Gasteiger partial charge in [-0.15, -0.1) is 0 Å². The number of benzene rings is 1. The van der Waals surface area contributed by atoms with Crippen LogP contribution in [0.3, 0.4) is 0 Å². The van der Waals surface area contributed by atoms with Gasteiger partial charge in [0.05, 0.1) is 0 Å². The van der Waals surface area contributed by atoms with E-state index in [-0.39, 0.29) is 17.3 Å². The third-order valence-electron chi connectivity index (χ3n) is 3.72. The summed E-state index contributed by atoms with van der Waals surface area (Å²) in [7, 11) is 2.07. The van der Waals surface area contributed by atoms with Crippen LogP contribution in [0.2, 0.25) is 0 Å². The fourth-order valence-electron chi connectivity index (χ4n) is 2.52. The second kappa shape index (κ2) is 7.75. The van der Waals surface area contributed by atoms with E-state index in [0.717, 1.165) is 31.6 Å². The zero-order chi connectivity index (χ0) is 15.2. The minimum atomic E-state index is -0.117. The first-order chi connectivity index (χ1) is 9.37. The lowest BCUT2D eigenvalue weighted by molar-refractivity contribution is 0.164. The van der Waals surface area contributed by atoms with Crippen molar-refractivity contribution in [3.05, 3.63) is 35.6 Å². The molecule has 1 aromatic rings. The molecule has 3 heteroatoms. The largest absolute Gasteiger partial charge is 0.316 e. The maximum atomic E-state index is 13.8. The Labute approximate surface area is 123 Å². The van der Waals surface area contributed by atoms with Gasteiger partial charge in [-0.3, -0.25) is 4.90 Å². The topological polar surface area (TPSA) is 15.3 Å². The lowest BCUT2D eigenvalue weighted by atomic mass is 9.91. The van der Waals surface area contributed by atoms with Crippen molar-refractivity contribution in [1.82, 2.24) is 10.2 Å². The molecule has 0 saturated carbocycles. The van der Waals surface area contributed by atoms with Gasteiger partial charge in [0.1, 0.15) is 5.82 Å². The molecule has 20 heavy (non-hydrogen) atoms. The van der Waals surface area contributed by atoms with Gasteiger partial charge in [0, 0.05) is 24.7 Å². The maximum Gasteiger partial charge on any atom is 0.127 e. The predicted octanol–water partition coefficient (Wildman–Crippen LogP) is 3.84. The van der Waals surface area contributed by atoms with Crippen LogP contribution in [-0.2, 0) is 0 Å². The van der Waals surface area contributed by atoms with Crippen LogP contribution >= 0.6 is 0 Å². The summed E-state index contributed by atoms with van der Waals surface area (Å²) in [6, 6.07) is 7.13. The Hall–Kier alpha value is -0.930. The number of nitrogens with one attached hydrogen (secondary N) is 1. The highest BCUT2D eigenvalue weighted by Gasteiger charge is 2.23. The molecule has 1 rings (SSSR count). The van der Waals surface area contributed by atoms with E-state index in [2.05, 4.69) is 45.0 Å². The number of nitrogens with zero attached hydrogens (tertiary/aromatic N) is 1. The van der Waals surface area contributed by atoms with Crippen molar-refractivity contribution in [1.29, 1.82) is 0 Å². The highest BCUT2D eigenvalue weighted by molar-refractivity contribution is 5.20. The van der Waals surface area contributed by atoms with Gasteiger partial charge in [-0.25, -0.2) is 4.39 Å². The molecular formula is C17H29FN2. The van der Waals surface area contributed by atoms with E-state index in [1.807, 2.05) is 12.1 Å². The normalized spacial score (nSPS) is 13.8. The first kappa shape index (κ1) is 17.1. The van der Waals surface area contributed by atoms with Gasteiger partial charge in [0.25, 0.3) is 0 Å². The van der Waals surface area contributed by atoms with Crippen LogP contribution in [0, 0.1) is 11.2 Å². The summed E-state index contributed by atoms with van der Waals surface area (Å²) in [5.41, 5.74) is 0.941. The van der Waals surface area contributed by atoms with Crippen LogP contribution in [0.5, 0.6) is 0 Å². The molecule has 0 amide bonds. The van der Waals surface area contributed by atoms with E-state index in [9.17, 15) is 4.39 Å². The molecule has 0 spiro atoms. The first-order valence-corrected chi connectivity index (χ1v) is 7.53. The van der Waals surface area contributed by atoms with Gasteiger partial charge in [-0.05, 0) is 38.4 Å². The standard InChI is InChI=1S/C17H29FN2/c1-6-11-19-12-17(3,4)13-20(5)14(2)15-9-7-8-10-16(15)18/h7-10,14,19H,6,11-13H2,1-5H3. The van der Waals surface area contributed by atoms with E-state index in [0.29, 0.717) is 0 Å². The monoisotopic (exact) mass is 280 g/mol. The SMILES string of the molecule is CCCNCC(C)(C)CN(C)C(C)c1ccccc1F. The third kappa shape index (κ3) is 5.22. The fraction of sp³-hybridized carbons (Fsp3) is 0.647. The summed E-state index contributed by atoms with van der Waals surface area (Å²) in [5, 5.41) is 3.47. The van der Waals surface area contributed by atoms with Crippen LogP contribution in [0.25, 0.3) is 0 Å². The molecule has 1 atom stereocenters. The first-order valence-electron chi connectivity index (χ1n) is 7.53. The van der Waals surface area contributed by atoms with Crippen LogP contribution < -0.4 is 5.32 Å². The molecule has 0 bridgehead atoms. The Morgan fingerprint density at radius 2 is 1.95 bits per heavy atom. The minimum absolute atomic E-state index is 0.0849. The van der Waals surface area contributed by atoms with Crippen molar-refractivity contribution < 1.29 is 4.39 Å². The Kier molecular flexibility index (Phi) is 6.63. The van der Waals surface area contributed by atoms with Gasteiger partial charge in [-0.1, -0.05) is 39.0 Å². The zero-order valence-electron chi connectivity index (χ0n) is 13.5. The Morgan fingerprint density at radius 1 is 1.30 bits per heavy atom. The second-order valence-corrected chi connectivity index (χ2v) is 6.45. The highest BCUT2D eigenvalue weighted by Crippen LogP contribution is 2.25. The molecule has 0 aliphatic rings. The summed E-state index contributed by atoms with van der Waals surface area (Å²) < 4.78 is 13.8. The molecule has 1 aromatic carbocycles. The third-order valence-corrected chi connectivity index (χ3v) is 3.72. The number of hydrogen-bond donors (Lipinski definition) is 1. The molecule has 0 radical (unpaired) electrons. The molecule has 0 aromatic heterocycles. The average molecular weight is 280 g/mol. The van der Waals surface area contributed by atoms with Gasteiger partial charge < -0.3 is 5.32 Å². The smallest absolute Gasteiger partial charge is 0.127 e. The number of rotatable bonds is 8.